The van der Waals surface area contributed by atoms with Gasteiger partial charge in [-0.3, -0.25) is 4.79 Å². The van der Waals surface area contributed by atoms with Crippen molar-refractivity contribution >= 4 is 11.6 Å². The molecule has 3 aromatic carbocycles. The molecule has 1 amide bonds. The number of fused-ring (bicyclic) bond motifs is 1. The highest BCUT2D eigenvalue weighted by atomic mass is 16.3. The number of carbonyl (C=O) groups excluding carboxylic acids is 1. The molecule has 0 radical (unpaired) electrons. The Balaban J connectivity index is 2.06. The summed E-state index contributed by atoms with van der Waals surface area (Å²) in [5.41, 5.74) is 8.25. The normalized spacial score (nSPS) is 18.4. The van der Waals surface area contributed by atoms with Crippen LogP contribution in [0.2, 0.25) is 0 Å². The van der Waals surface area contributed by atoms with Crippen molar-refractivity contribution in [2.45, 2.75) is 12.0 Å². The van der Waals surface area contributed by atoms with Gasteiger partial charge in [-0.2, -0.15) is 0 Å². The molecule has 5 N–H and O–H groups in total. The summed E-state index contributed by atoms with van der Waals surface area (Å²) in [6, 6.07) is 19.2. The Hall–Kier alpha value is -3.31. The quantitative estimate of drug-likeness (QED) is 0.586. The Morgan fingerprint density at radius 2 is 1.62 bits per heavy atom. The first kappa shape index (κ1) is 16.2. The molecule has 0 bridgehead atoms. The van der Waals surface area contributed by atoms with Crippen LogP contribution in [0.3, 0.4) is 0 Å². The van der Waals surface area contributed by atoms with Gasteiger partial charge in [0.1, 0.15) is 16.9 Å². The number of hydrogen-bond acceptors (Lipinski definition) is 4. The van der Waals surface area contributed by atoms with Gasteiger partial charge in [0.15, 0.2) is 0 Å². The van der Waals surface area contributed by atoms with E-state index in [0.717, 1.165) is 16.8 Å². The number of anilines is 1. The second-order valence-electron chi connectivity index (χ2n) is 6.34. The van der Waals surface area contributed by atoms with E-state index in [-0.39, 0.29) is 24.0 Å². The molecular formula is C21H18N2O3. The van der Waals surface area contributed by atoms with E-state index in [1.807, 2.05) is 24.3 Å². The van der Waals surface area contributed by atoms with Crippen LogP contribution in [0, 0.1) is 0 Å². The lowest BCUT2D eigenvalue weighted by Crippen LogP contribution is -2.37. The maximum atomic E-state index is 13.3. The largest absolute Gasteiger partial charge is 0.508 e. The van der Waals surface area contributed by atoms with Crippen LogP contribution in [-0.2, 0) is 16.8 Å². The van der Waals surface area contributed by atoms with E-state index in [1.54, 1.807) is 42.5 Å². The van der Waals surface area contributed by atoms with E-state index in [9.17, 15) is 15.0 Å². The molecule has 0 saturated carbocycles. The molecule has 26 heavy (non-hydrogen) atoms. The van der Waals surface area contributed by atoms with Gasteiger partial charge in [0.05, 0.1) is 0 Å². The minimum Gasteiger partial charge on any atom is -0.508 e. The number of phenolic OH excluding ortho intramolecular Hbond substituents is 2. The summed E-state index contributed by atoms with van der Waals surface area (Å²) in [5.74, 6) is 0.0470. The van der Waals surface area contributed by atoms with Crippen LogP contribution < -0.4 is 11.1 Å². The first-order valence-corrected chi connectivity index (χ1v) is 8.30. The first-order chi connectivity index (χ1) is 12.6. The first-order valence-electron chi connectivity index (χ1n) is 8.30. The van der Waals surface area contributed by atoms with Crippen molar-refractivity contribution in [3.8, 4) is 11.5 Å². The number of benzene rings is 3. The smallest absolute Gasteiger partial charge is 0.244 e. The van der Waals surface area contributed by atoms with Crippen molar-refractivity contribution in [1.29, 1.82) is 0 Å². The average molecular weight is 346 g/mol. The van der Waals surface area contributed by atoms with E-state index in [4.69, 9.17) is 5.73 Å². The Morgan fingerprint density at radius 3 is 2.35 bits per heavy atom. The van der Waals surface area contributed by atoms with Crippen LogP contribution in [0.4, 0.5) is 5.69 Å². The molecule has 1 aliphatic rings. The van der Waals surface area contributed by atoms with Gasteiger partial charge < -0.3 is 21.3 Å². The fourth-order valence-corrected chi connectivity index (χ4v) is 3.69. The molecule has 130 valence electrons. The molecule has 0 aromatic heterocycles. The fraction of sp³-hybridized carbons (Fsp3) is 0.0952. The summed E-state index contributed by atoms with van der Waals surface area (Å²) >= 11 is 0. The zero-order chi connectivity index (χ0) is 18.3. The highest BCUT2D eigenvalue weighted by Gasteiger charge is 2.49. The third-order valence-corrected chi connectivity index (χ3v) is 4.95. The Morgan fingerprint density at radius 1 is 0.923 bits per heavy atom. The molecule has 1 atom stereocenters. The van der Waals surface area contributed by atoms with E-state index in [1.165, 1.54) is 0 Å². The molecule has 1 heterocycles. The fourth-order valence-electron chi connectivity index (χ4n) is 3.69. The number of phenols is 2. The second kappa shape index (κ2) is 5.89. The summed E-state index contributed by atoms with van der Waals surface area (Å²) in [5, 5.41) is 22.7. The van der Waals surface area contributed by atoms with Crippen molar-refractivity contribution in [1.82, 2.24) is 0 Å². The predicted molar refractivity (Wildman–Crippen MR) is 99.1 cm³/mol. The van der Waals surface area contributed by atoms with Crippen LogP contribution in [0.5, 0.6) is 11.5 Å². The lowest BCUT2D eigenvalue weighted by atomic mass is 9.70. The van der Waals surface area contributed by atoms with Crippen molar-refractivity contribution < 1.29 is 15.0 Å². The zero-order valence-electron chi connectivity index (χ0n) is 13.9. The molecule has 0 spiro atoms. The van der Waals surface area contributed by atoms with Crippen molar-refractivity contribution in [2.75, 3.05) is 5.32 Å². The number of para-hydroxylation sites is 1. The number of amides is 1. The molecule has 1 unspecified atom stereocenters. The van der Waals surface area contributed by atoms with Gasteiger partial charge in [0, 0.05) is 23.4 Å². The maximum Gasteiger partial charge on any atom is 0.244 e. The average Bonchev–Trinajstić information content (AvgIpc) is 2.95. The van der Waals surface area contributed by atoms with Crippen LogP contribution in [0.25, 0.3) is 0 Å². The third kappa shape index (κ3) is 2.18. The van der Waals surface area contributed by atoms with Crippen LogP contribution in [0.15, 0.2) is 66.7 Å². The van der Waals surface area contributed by atoms with E-state index in [0.29, 0.717) is 11.1 Å². The van der Waals surface area contributed by atoms with E-state index >= 15 is 0 Å². The van der Waals surface area contributed by atoms with Gasteiger partial charge >= 0.3 is 0 Å². The lowest BCUT2D eigenvalue weighted by Gasteiger charge is -2.29. The van der Waals surface area contributed by atoms with Crippen LogP contribution in [-0.4, -0.2) is 16.1 Å². The summed E-state index contributed by atoms with van der Waals surface area (Å²) in [7, 11) is 0. The Kier molecular flexibility index (Phi) is 3.67. The summed E-state index contributed by atoms with van der Waals surface area (Å²) in [6.45, 7) is 0.161. The van der Waals surface area contributed by atoms with E-state index in [2.05, 4.69) is 5.32 Å². The highest BCUT2D eigenvalue weighted by Crippen LogP contribution is 2.48. The van der Waals surface area contributed by atoms with E-state index < -0.39 is 5.41 Å². The molecule has 4 rings (SSSR count). The van der Waals surface area contributed by atoms with Gasteiger partial charge in [-0.25, -0.2) is 0 Å². The Bertz CT molecular complexity index is 998. The molecule has 5 heteroatoms. The SMILES string of the molecule is NCc1cc(C2(c3ccc(O)cc3)C(=O)Nc3ccccc32)ccc1O. The molecule has 3 aromatic rings. The molecule has 5 nitrogen and oxygen atoms in total. The standard InChI is InChI=1S/C21H18N2O3/c22-12-13-11-15(7-10-19(13)25)21(14-5-8-16(24)9-6-14)17-3-1-2-4-18(17)23-20(21)26/h1-11,24-25H,12,22H2,(H,23,26). The predicted octanol–water partition coefficient (Wildman–Crippen LogP) is 2.84. The maximum absolute atomic E-state index is 13.3. The number of aromatic hydroxyl groups is 2. The number of carbonyl (C=O) groups is 1. The number of rotatable bonds is 3. The van der Waals surface area contributed by atoms with Crippen molar-refractivity contribution in [3.05, 3.63) is 89.0 Å². The molecular weight excluding hydrogens is 328 g/mol. The zero-order valence-corrected chi connectivity index (χ0v) is 13.9. The minimum atomic E-state index is -1.08. The minimum absolute atomic E-state index is 0.101. The van der Waals surface area contributed by atoms with Gasteiger partial charge in [0.2, 0.25) is 5.91 Å². The van der Waals surface area contributed by atoms with Gasteiger partial charge in [0.25, 0.3) is 0 Å². The topological polar surface area (TPSA) is 95.6 Å². The number of nitrogens with one attached hydrogen (secondary N) is 1. The third-order valence-electron chi connectivity index (χ3n) is 4.95. The van der Waals surface area contributed by atoms with Crippen molar-refractivity contribution in [2.24, 2.45) is 5.73 Å². The van der Waals surface area contributed by atoms with Crippen molar-refractivity contribution in [3.63, 3.8) is 0 Å². The summed E-state index contributed by atoms with van der Waals surface area (Å²) < 4.78 is 0. The highest BCUT2D eigenvalue weighted by molar-refractivity contribution is 6.11. The van der Waals surface area contributed by atoms with Gasteiger partial charge in [-0.1, -0.05) is 36.4 Å². The van der Waals surface area contributed by atoms with Crippen LogP contribution in [0.1, 0.15) is 22.3 Å². The Labute approximate surface area is 150 Å². The monoisotopic (exact) mass is 346 g/mol. The molecule has 0 saturated heterocycles. The summed E-state index contributed by atoms with van der Waals surface area (Å²) in [4.78, 5) is 13.3. The van der Waals surface area contributed by atoms with Gasteiger partial charge in [-0.05, 0) is 41.5 Å². The second-order valence-corrected chi connectivity index (χ2v) is 6.34. The number of nitrogens with two attached hydrogens (primary N) is 1. The van der Waals surface area contributed by atoms with Gasteiger partial charge in [-0.15, -0.1) is 0 Å². The number of hydrogen-bond donors (Lipinski definition) is 4. The summed E-state index contributed by atoms with van der Waals surface area (Å²) in [6.07, 6.45) is 0. The molecule has 0 aliphatic carbocycles. The molecule has 1 aliphatic heterocycles. The molecule has 0 fully saturated rings. The van der Waals surface area contributed by atoms with Crippen LogP contribution >= 0.6 is 0 Å². The lowest BCUT2D eigenvalue weighted by molar-refractivity contribution is -0.118.